The number of hydrogen-bond acceptors (Lipinski definition) is 1. The van der Waals surface area contributed by atoms with E-state index in [9.17, 15) is 4.79 Å². The lowest BCUT2D eigenvalue weighted by Crippen LogP contribution is -2.26. The molecular formula is C10H18O2. The summed E-state index contributed by atoms with van der Waals surface area (Å²) in [5.74, 6) is 0.590. The second kappa shape index (κ2) is 3.46. The molecule has 1 aliphatic carbocycles. The van der Waals surface area contributed by atoms with Gasteiger partial charge in [-0.25, -0.2) is 0 Å². The van der Waals surface area contributed by atoms with Crippen molar-refractivity contribution in [1.82, 2.24) is 0 Å². The van der Waals surface area contributed by atoms with E-state index >= 15 is 0 Å². The van der Waals surface area contributed by atoms with Crippen LogP contribution in [0.25, 0.3) is 0 Å². The molecule has 0 aromatic rings. The molecule has 0 saturated heterocycles. The Kier molecular flexibility index (Phi) is 2.76. The zero-order chi connectivity index (χ0) is 9.30. The zero-order valence-electron chi connectivity index (χ0n) is 8.08. The monoisotopic (exact) mass is 170 g/mol. The molecule has 0 aliphatic heterocycles. The highest BCUT2D eigenvalue weighted by Gasteiger charge is 2.39. The lowest BCUT2D eigenvalue weighted by molar-refractivity contribution is -0.144. The maximum atomic E-state index is 10.9. The molecule has 1 saturated carbocycles. The van der Waals surface area contributed by atoms with E-state index in [1.807, 2.05) is 0 Å². The van der Waals surface area contributed by atoms with Crippen LogP contribution < -0.4 is 0 Å². The molecule has 0 aromatic carbocycles. The Morgan fingerprint density at radius 2 is 2.00 bits per heavy atom. The molecule has 0 unspecified atom stereocenters. The lowest BCUT2D eigenvalue weighted by Gasteiger charge is -2.21. The molecule has 2 heteroatoms. The molecule has 1 fully saturated rings. The summed E-state index contributed by atoms with van der Waals surface area (Å²) >= 11 is 0. The zero-order valence-corrected chi connectivity index (χ0v) is 8.08. The van der Waals surface area contributed by atoms with Crippen molar-refractivity contribution in [2.24, 2.45) is 23.7 Å². The number of rotatable bonds is 2. The van der Waals surface area contributed by atoms with Gasteiger partial charge in [-0.05, 0) is 30.6 Å². The van der Waals surface area contributed by atoms with Gasteiger partial charge >= 0.3 is 5.97 Å². The Balaban J connectivity index is 2.70. The third kappa shape index (κ3) is 1.62. The van der Waals surface area contributed by atoms with Gasteiger partial charge < -0.3 is 5.11 Å². The number of carbonyl (C=O) groups is 1. The van der Waals surface area contributed by atoms with Crippen LogP contribution in [0.2, 0.25) is 0 Å². The quantitative estimate of drug-likeness (QED) is 0.691. The minimum absolute atomic E-state index is 0.0926. The van der Waals surface area contributed by atoms with Crippen molar-refractivity contribution < 1.29 is 9.90 Å². The summed E-state index contributed by atoms with van der Waals surface area (Å²) in [5, 5.41) is 9.00. The second-order valence-corrected chi connectivity index (χ2v) is 4.33. The number of hydrogen-bond donors (Lipinski definition) is 1. The van der Waals surface area contributed by atoms with Crippen molar-refractivity contribution in [3.8, 4) is 0 Å². The minimum Gasteiger partial charge on any atom is -0.481 e. The van der Waals surface area contributed by atoms with Gasteiger partial charge in [-0.15, -0.1) is 0 Å². The van der Waals surface area contributed by atoms with E-state index < -0.39 is 5.97 Å². The van der Waals surface area contributed by atoms with Gasteiger partial charge in [0.1, 0.15) is 0 Å². The Morgan fingerprint density at radius 3 is 2.33 bits per heavy atom. The van der Waals surface area contributed by atoms with Crippen molar-refractivity contribution >= 4 is 5.97 Å². The molecule has 3 atom stereocenters. The fourth-order valence-electron chi connectivity index (χ4n) is 2.41. The Bertz CT molecular complexity index is 175. The first-order valence-electron chi connectivity index (χ1n) is 4.76. The van der Waals surface area contributed by atoms with E-state index in [0.29, 0.717) is 17.8 Å². The van der Waals surface area contributed by atoms with E-state index in [-0.39, 0.29) is 5.92 Å². The maximum absolute atomic E-state index is 10.9. The van der Waals surface area contributed by atoms with Gasteiger partial charge in [-0.2, -0.15) is 0 Å². The molecule has 2 nitrogen and oxygen atoms in total. The summed E-state index contributed by atoms with van der Waals surface area (Å²) in [6.45, 7) is 6.30. The molecule has 1 rings (SSSR count). The third-order valence-electron chi connectivity index (χ3n) is 3.17. The topological polar surface area (TPSA) is 37.3 Å². The van der Waals surface area contributed by atoms with Crippen LogP contribution >= 0.6 is 0 Å². The Hall–Kier alpha value is -0.530. The second-order valence-electron chi connectivity index (χ2n) is 4.33. The van der Waals surface area contributed by atoms with Crippen molar-refractivity contribution in [3.63, 3.8) is 0 Å². The highest BCUT2D eigenvalue weighted by atomic mass is 16.4. The summed E-state index contributed by atoms with van der Waals surface area (Å²) in [6.07, 6.45) is 2.18. The molecule has 70 valence electrons. The van der Waals surface area contributed by atoms with Crippen LogP contribution in [-0.4, -0.2) is 11.1 Å². The van der Waals surface area contributed by atoms with Crippen LogP contribution in [0.15, 0.2) is 0 Å². The third-order valence-corrected chi connectivity index (χ3v) is 3.17. The maximum Gasteiger partial charge on any atom is 0.307 e. The first-order chi connectivity index (χ1) is 5.54. The first-order valence-corrected chi connectivity index (χ1v) is 4.76. The van der Waals surface area contributed by atoms with Gasteiger partial charge in [-0.3, -0.25) is 4.79 Å². The molecular weight excluding hydrogens is 152 g/mol. The SMILES string of the molecule is CC(C)[C@H]1CC[C@@H](C)[C@H]1C(=O)O. The number of carboxylic acid groups (broad SMARTS) is 1. The summed E-state index contributed by atoms with van der Waals surface area (Å²) in [6, 6.07) is 0. The summed E-state index contributed by atoms with van der Waals surface area (Å²) < 4.78 is 0. The number of carboxylic acids is 1. The Labute approximate surface area is 74.0 Å². The van der Waals surface area contributed by atoms with Crippen molar-refractivity contribution in [2.75, 3.05) is 0 Å². The molecule has 0 amide bonds. The van der Waals surface area contributed by atoms with Gasteiger partial charge in [-0.1, -0.05) is 20.8 Å². The van der Waals surface area contributed by atoms with Crippen LogP contribution in [0.3, 0.4) is 0 Å². The molecule has 1 N–H and O–H groups in total. The van der Waals surface area contributed by atoms with Crippen molar-refractivity contribution in [1.29, 1.82) is 0 Å². The van der Waals surface area contributed by atoms with Crippen LogP contribution in [0.5, 0.6) is 0 Å². The van der Waals surface area contributed by atoms with Crippen molar-refractivity contribution in [2.45, 2.75) is 33.6 Å². The van der Waals surface area contributed by atoms with Gasteiger partial charge in [0.2, 0.25) is 0 Å². The average Bonchev–Trinajstić information content (AvgIpc) is 2.30. The van der Waals surface area contributed by atoms with E-state index in [0.717, 1.165) is 12.8 Å². The average molecular weight is 170 g/mol. The normalized spacial score (nSPS) is 35.8. The molecule has 0 radical (unpaired) electrons. The molecule has 0 heterocycles. The summed E-state index contributed by atoms with van der Waals surface area (Å²) in [7, 11) is 0. The van der Waals surface area contributed by atoms with E-state index in [1.165, 1.54) is 0 Å². The van der Waals surface area contributed by atoms with Crippen LogP contribution in [0.1, 0.15) is 33.6 Å². The largest absolute Gasteiger partial charge is 0.481 e. The molecule has 12 heavy (non-hydrogen) atoms. The molecule has 0 aromatic heterocycles. The molecule has 1 aliphatic rings. The number of aliphatic carboxylic acids is 1. The Morgan fingerprint density at radius 1 is 1.42 bits per heavy atom. The van der Waals surface area contributed by atoms with Crippen molar-refractivity contribution in [3.05, 3.63) is 0 Å². The highest BCUT2D eigenvalue weighted by molar-refractivity contribution is 5.71. The van der Waals surface area contributed by atoms with E-state index in [4.69, 9.17) is 5.11 Å². The molecule has 0 spiro atoms. The smallest absolute Gasteiger partial charge is 0.307 e. The summed E-state index contributed by atoms with van der Waals surface area (Å²) in [5.41, 5.74) is 0. The van der Waals surface area contributed by atoms with E-state index in [1.54, 1.807) is 0 Å². The predicted octanol–water partition coefficient (Wildman–Crippen LogP) is 2.39. The minimum atomic E-state index is -0.598. The van der Waals surface area contributed by atoms with Gasteiger partial charge in [0.25, 0.3) is 0 Å². The van der Waals surface area contributed by atoms with Gasteiger partial charge in [0, 0.05) is 0 Å². The van der Waals surface area contributed by atoms with Gasteiger partial charge in [0.05, 0.1) is 5.92 Å². The first kappa shape index (κ1) is 9.56. The lowest BCUT2D eigenvalue weighted by atomic mass is 9.83. The van der Waals surface area contributed by atoms with Crippen LogP contribution in [0.4, 0.5) is 0 Å². The summed E-state index contributed by atoms with van der Waals surface area (Å²) in [4.78, 5) is 10.9. The van der Waals surface area contributed by atoms with Gasteiger partial charge in [0.15, 0.2) is 0 Å². The molecule has 0 bridgehead atoms. The fourth-order valence-corrected chi connectivity index (χ4v) is 2.41. The highest BCUT2D eigenvalue weighted by Crippen LogP contribution is 2.40. The standard InChI is InChI=1S/C10H18O2/c1-6(2)8-5-4-7(3)9(8)10(11)12/h6-9H,4-5H2,1-3H3,(H,11,12)/t7-,8-,9-/m1/s1. The van der Waals surface area contributed by atoms with Crippen LogP contribution in [0, 0.1) is 23.7 Å². The van der Waals surface area contributed by atoms with Crippen LogP contribution in [-0.2, 0) is 4.79 Å². The predicted molar refractivity (Wildman–Crippen MR) is 47.9 cm³/mol. The fraction of sp³-hybridized carbons (Fsp3) is 0.900. The van der Waals surface area contributed by atoms with E-state index in [2.05, 4.69) is 20.8 Å².